The number of rotatable bonds is 2. The molecule has 1 spiro atoms. The number of morpholine rings is 1. The Kier molecular flexibility index (Phi) is 5.16. The highest BCUT2D eigenvalue weighted by Crippen LogP contribution is 2.39. The summed E-state index contributed by atoms with van der Waals surface area (Å²) in [6, 6.07) is 6.14. The molecule has 3 aliphatic rings. The summed E-state index contributed by atoms with van der Waals surface area (Å²) >= 11 is 0. The van der Waals surface area contributed by atoms with Crippen molar-refractivity contribution in [3.05, 3.63) is 35.1 Å². The van der Waals surface area contributed by atoms with Crippen LogP contribution in [-0.4, -0.2) is 60.1 Å². The number of halogens is 1. The zero-order valence-electron chi connectivity index (χ0n) is 15.6. The van der Waals surface area contributed by atoms with Crippen molar-refractivity contribution in [1.29, 1.82) is 5.26 Å². The van der Waals surface area contributed by atoms with E-state index in [1.807, 2.05) is 6.07 Å². The number of nitrogens with zero attached hydrogens (tertiary/aromatic N) is 3. The summed E-state index contributed by atoms with van der Waals surface area (Å²) in [5.74, 6) is -0.757. The van der Waals surface area contributed by atoms with Gasteiger partial charge in [-0.2, -0.15) is 5.26 Å². The van der Waals surface area contributed by atoms with Crippen molar-refractivity contribution in [3.63, 3.8) is 0 Å². The van der Waals surface area contributed by atoms with Gasteiger partial charge in [0.2, 0.25) is 0 Å². The van der Waals surface area contributed by atoms with E-state index in [-0.39, 0.29) is 22.6 Å². The Morgan fingerprint density at radius 1 is 1.19 bits per heavy atom. The van der Waals surface area contributed by atoms with Gasteiger partial charge in [0.25, 0.3) is 5.91 Å². The molecule has 6 heteroatoms. The second-order valence-corrected chi connectivity index (χ2v) is 7.98. The topological polar surface area (TPSA) is 56.6 Å². The Labute approximate surface area is 159 Å². The Morgan fingerprint density at radius 3 is 2.78 bits per heavy atom. The number of ether oxygens (including phenoxy) is 1. The first-order valence-electron chi connectivity index (χ1n) is 9.99. The molecular formula is C21H26FN3O2. The summed E-state index contributed by atoms with van der Waals surface area (Å²) in [6.45, 7) is 3.78. The summed E-state index contributed by atoms with van der Waals surface area (Å²) in [5, 5.41) is 9.07. The second-order valence-electron chi connectivity index (χ2n) is 7.98. The summed E-state index contributed by atoms with van der Waals surface area (Å²) < 4.78 is 20.2. The van der Waals surface area contributed by atoms with E-state index in [0.717, 1.165) is 38.4 Å². The molecule has 0 radical (unpaired) electrons. The van der Waals surface area contributed by atoms with Gasteiger partial charge < -0.3 is 9.64 Å². The normalized spacial score (nSPS) is 29.0. The number of carbonyl (C=O) groups excluding carboxylic acids is 1. The van der Waals surface area contributed by atoms with Crippen molar-refractivity contribution in [2.75, 3.05) is 32.8 Å². The predicted octanol–water partition coefficient (Wildman–Crippen LogP) is 2.95. The molecular weight excluding hydrogens is 345 g/mol. The molecule has 2 aliphatic heterocycles. The van der Waals surface area contributed by atoms with Crippen LogP contribution in [0.1, 0.15) is 54.4 Å². The first kappa shape index (κ1) is 18.4. The molecule has 4 rings (SSSR count). The average molecular weight is 371 g/mol. The van der Waals surface area contributed by atoms with Gasteiger partial charge in [0.05, 0.1) is 24.8 Å². The minimum Gasteiger partial charge on any atom is -0.370 e. The van der Waals surface area contributed by atoms with Gasteiger partial charge in [-0.1, -0.05) is 12.8 Å². The van der Waals surface area contributed by atoms with Crippen LogP contribution in [0.2, 0.25) is 0 Å². The molecule has 1 amide bonds. The highest BCUT2D eigenvalue weighted by Gasteiger charge is 2.48. The van der Waals surface area contributed by atoms with Crippen LogP contribution < -0.4 is 0 Å². The minimum atomic E-state index is -0.548. The van der Waals surface area contributed by atoms with Gasteiger partial charge in [0.1, 0.15) is 11.4 Å². The number of amides is 1. The van der Waals surface area contributed by atoms with Crippen LogP contribution in [0.4, 0.5) is 4.39 Å². The van der Waals surface area contributed by atoms with E-state index < -0.39 is 5.82 Å². The Hall–Kier alpha value is -1.97. The molecule has 27 heavy (non-hydrogen) atoms. The quantitative estimate of drug-likeness (QED) is 0.802. The van der Waals surface area contributed by atoms with Crippen LogP contribution in [-0.2, 0) is 4.74 Å². The summed E-state index contributed by atoms with van der Waals surface area (Å²) in [7, 11) is 0. The third kappa shape index (κ3) is 3.59. The van der Waals surface area contributed by atoms with Crippen LogP contribution in [0.25, 0.3) is 0 Å². The molecule has 0 aromatic heterocycles. The van der Waals surface area contributed by atoms with Crippen LogP contribution in [0.3, 0.4) is 0 Å². The average Bonchev–Trinajstić information content (AvgIpc) is 3.21. The van der Waals surface area contributed by atoms with Crippen LogP contribution in [0, 0.1) is 17.1 Å². The molecule has 2 atom stereocenters. The Bertz CT molecular complexity index is 752. The fourth-order valence-corrected chi connectivity index (χ4v) is 5.05. The zero-order valence-corrected chi connectivity index (χ0v) is 15.6. The standard InChI is InChI=1S/C21H26FN3O2/c22-18-12-16(14-23)11-17(13-18)20(26)25-9-10-27-21(15-25)6-2-1-5-19(21)24-7-3-4-8-24/h11-13,19H,1-10,15H2/t19-,21-/m1/s1. The fourth-order valence-electron chi connectivity index (χ4n) is 5.05. The molecule has 1 aromatic rings. The molecule has 1 aromatic carbocycles. The minimum absolute atomic E-state index is 0.175. The van der Waals surface area contributed by atoms with Crippen molar-refractivity contribution < 1.29 is 13.9 Å². The highest BCUT2D eigenvalue weighted by molar-refractivity contribution is 5.94. The first-order valence-corrected chi connectivity index (χ1v) is 9.99. The molecule has 3 fully saturated rings. The van der Waals surface area contributed by atoms with Crippen molar-refractivity contribution in [2.24, 2.45) is 0 Å². The molecule has 2 heterocycles. The predicted molar refractivity (Wildman–Crippen MR) is 98.8 cm³/mol. The molecule has 144 valence electrons. The van der Waals surface area contributed by atoms with Crippen molar-refractivity contribution >= 4 is 5.91 Å². The van der Waals surface area contributed by atoms with E-state index in [0.29, 0.717) is 25.7 Å². The lowest BCUT2D eigenvalue weighted by Gasteiger charge is -2.52. The Balaban J connectivity index is 1.57. The number of benzene rings is 1. The van der Waals surface area contributed by atoms with Crippen LogP contribution >= 0.6 is 0 Å². The van der Waals surface area contributed by atoms with E-state index in [2.05, 4.69) is 4.90 Å². The second kappa shape index (κ2) is 7.57. The van der Waals surface area contributed by atoms with Crippen LogP contribution in [0.5, 0.6) is 0 Å². The van der Waals surface area contributed by atoms with E-state index in [1.54, 1.807) is 4.90 Å². The van der Waals surface area contributed by atoms with Crippen molar-refractivity contribution in [1.82, 2.24) is 9.80 Å². The number of hydrogen-bond acceptors (Lipinski definition) is 4. The lowest BCUT2D eigenvalue weighted by Crippen LogP contribution is -2.64. The maximum atomic E-state index is 13.8. The van der Waals surface area contributed by atoms with E-state index in [1.165, 1.54) is 31.4 Å². The number of likely N-dealkylation sites (tertiary alicyclic amines) is 1. The molecule has 2 saturated heterocycles. The number of carbonyl (C=O) groups is 1. The largest absolute Gasteiger partial charge is 0.370 e. The number of hydrogen-bond donors (Lipinski definition) is 0. The van der Waals surface area contributed by atoms with Gasteiger partial charge in [-0.05, 0) is 57.0 Å². The summed E-state index contributed by atoms with van der Waals surface area (Å²) in [6.07, 6.45) is 6.86. The van der Waals surface area contributed by atoms with E-state index >= 15 is 0 Å². The van der Waals surface area contributed by atoms with Crippen molar-refractivity contribution in [2.45, 2.75) is 50.2 Å². The molecule has 0 N–H and O–H groups in total. The van der Waals surface area contributed by atoms with Gasteiger partial charge in [-0.3, -0.25) is 9.69 Å². The summed E-state index contributed by atoms with van der Waals surface area (Å²) in [5.41, 5.74) is 0.105. The highest BCUT2D eigenvalue weighted by atomic mass is 19.1. The molecule has 0 bridgehead atoms. The van der Waals surface area contributed by atoms with E-state index in [9.17, 15) is 9.18 Å². The number of nitriles is 1. The maximum absolute atomic E-state index is 13.8. The van der Waals surface area contributed by atoms with Gasteiger partial charge in [0.15, 0.2) is 0 Å². The zero-order chi connectivity index (χ0) is 18.9. The van der Waals surface area contributed by atoms with Gasteiger partial charge in [-0.15, -0.1) is 0 Å². The van der Waals surface area contributed by atoms with Gasteiger partial charge in [-0.25, -0.2) is 4.39 Å². The third-order valence-corrected chi connectivity index (χ3v) is 6.29. The van der Waals surface area contributed by atoms with E-state index in [4.69, 9.17) is 10.00 Å². The van der Waals surface area contributed by atoms with Crippen LogP contribution in [0.15, 0.2) is 18.2 Å². The lowest BCUT2D eigenvalue weighted by atomic mass is 9.78. The van der Waals surface area contributed by atoms with Gasteiger partial charge >= 0.3 is 0 Å². The third-order valence-electron chi connectivity index (χ3n) is 6.29. The Morgan fingerprint density at radius 2 is 2.00 bits per heavy atom. The fraction of sp³-hybridized carbons (Fsp3) is 0.619. The SMILES string of the molecule is N#Cc1cc(F)cc(C(=O)N2CCO[C@]3(CCCC[C@H]3N3CCCC3)C2)c1. The molecule has 1 aliphatic carbocycles. The monoisotopic (exact) mass is 371 g/mol. The molecule has 5 nitrogen and oxygen atoms in total. The smallest absolute Gasteiger partial charge is 0.254 e. The van der Waals surface area contributed by atoms with Gasteiger partial charge in [0, 0.05) is 18.2 Å². The molecule has 0 unspecified atom stereocenters. The maximum Gasteiger partial charge on any atom is 0.254 e. The van der Waals surface area contributed by atoms with Crippen molar-refractivity contribution in [3.8, 4) is 6.07 Å². The summed E-state index contributed by atoms with van der Waals surface area (Å²) in [4.78, 5) is 17.4. The molecule has 1 saturated carbocycles. The lowest BCUT2D eigenvalue weighted by molar-refractivity contribution is -0.156. The first-order chi connectivity index (χ1) is 13.1.